The van der Waals surface area contributed by atoms with Gasteiger partial charge >= 0.3 is 0 Å². The van der Waals surface area contributed by atoms with Crippen LogP contribution in [-0.4, -0.2) is 33.0 Å². The standard InChI is InChI=1S/C15H20N4OS2/c1-2-3-8-16-13(20)10-22-15-18-17-14(12-5-4-9-21-12)19(15)11-6-7-11/h4-5,9,11H,2-3,6-8,10H2,1H3,(H,16,20). The van der Waals surface area contributed by atoms with Gasteiger partial charge in [-0.1, -0.05) is 31.2 Å². The van der Waals surface area contributed by atoms with Crippen LogP contribution in [0.3, 0.4) is 0 Å². The Bertz CT molecular complexity index is 620. The van der Waals surface area contributed by atoms with Gasteiger partial charge in [0.05, 0.1) is 10.6 Å². The van der Waals surface area contributed by atoms with Crippen LogP contribution in [0.15, 0.2) is 22.7 Å². The lowest BCUT2D eigenvalue weighted by Crippen LogP contribution is -2.26. The molecule has 0 aliphatic heterocycles. The van der Waals surface area contributed by atoms with Crippen molar-refractivity contribution in [1.82, 2.24) is 20.1 Å². The minimum absolute atomic E-state index is 0.0708. The molecule has 1 saturated carbocycles. The van der Waals surface area contributed by atoms with Gasteiger partial charge in [0.15, 0.2) is 11.0 Å². The third kappa shape index (κ3) is 3.70. The van der Waals surface area contributed by atoms with Gasteiger partial charge in [-0.2, -0.15) is 0 Å². The van der Waals surface area contributed by atoms with Gasteiger partial charge in [-0.15, -0.1) is 21.5 Å². The van der Waals surface area contributed by atoms with E-state index in [0.717, 1.165) is 35.2 Å². The summed E-state index contributed by atoms with van der Waals surface area (Å²) in [6, 6.07) is 4.59. The summed E-state index contributed by atoms with van der Waals surface area (Å²) in [6.07, 6.45) is 4.46. The van der Waals surface area contributed by atoms with Gasteiger partial charge in [-0.3, -0.25) is 9.36 Å². The molecule has 1 aliphatic carbocycles. The molecule has 7 heteroatoms. The Kier molecular flexibility index (Phi) is 5.15. The molecule has 1 amide bonds. The van der Waals surface area contributed by atoms with Crippen molar-refractivity contribution in [2.75, 3.05) is 12.3 Å². The van der Waals surface area contributed by atoms with Gasteiger partial charge in [0.25, 0.3) is 0 Å². The first kappa shape index (κ1) is 15.6. The topological polar surface area (TPSA) is 59.8 Å². The molecule has 5 nitrogen and oxygen atoms in total. The van der Waals surface area contributed by atoms with Crippen LogP contribution in [0.2, 0.25) is 0 Å². The lowest BCUT2D eigenvalue weighted by Gasteiger charge is -2.08. The van der Waals surface area contributed by atoms with Gasteiger partial charge in [0, 0.05) is 12.6 Å². The van der Waals surface area contributed by atoms with E-state index in [9.17, 15) is 4.79 Å². The molecule has 0 bridgehead atoms. The van der Waals surface area contributed by atoms with Crippen LogP contribution in [0.25, 0.3) is 10.7 Å². The number of nitrogens with one attached hydrogen (secondary N) is 1. The lowest BCUT2D eigenvalue weighted by molar-refractivity contribution is -0.118. The van der Waals surface area contributed by atoms with Gasteiger partial charge in [-0.25, -0.2) is 0 Å². The Morgan fingerprint density at radius 1 is 1.50 bits per heavy atom. The predicted octanol–water partition coefficient (Wildman–Crippen LogP) is 3.35. The molecular formula is C15H20N4OS2. The van der Waals surface area contributed by atoms with Crippen LogP contribution < -0.4 is 5.32 Å². The van der Waals surface area contributed by atoms with E-state index in [1.807, 2.05) is 6.07 Å². The maximum atomic E-state index is 11.8. The zero-order valence-corrected chi connectivity index (χ0v) is 14.3. The number of carbonyl (C=O) groups excluding carboxylic acids is 1. The molecule has 1 N–H and O–H groups in total. The normalized spacial score (nSPS) is 14.2. The van der Waals surface area contributed by atoms with Crippen molar-refractivity contribution >= 4 is 29.0 Å². The molecule has 2 aromatic rings. The van der Waals surface area contributed by atoms with E-state index in [4.69, 9.17) is 0 Å². The summed E-state index contributed by atoms with van der Waals surface area (Å²) in [5.41, 5.74) is 0. The summed E-state index contributed by atoms with van der Waals surface area (Å²) >= 11 is 3.16. The van der Waals surface area contributed by atoms with Gasteiger partial charge in [-0.05, 0) is 30.7 Å². The number of rotatable bonds is 8. The maximum absolute atomic E-state index is 11.8. The minimum atomic E-state index is 0.0708. The smallest absolute Gasteiger partial charge is 0.230 e. The zero-order chi connectivity index (χ0) is 15.4. The van der Waals surface area contributed by atoms with Crippen LogP contribution >= 0.6 is 23.1 Å². The fourth-order valence-corrected chi connectivity index (χ4v) is 3.74. The number of amides is 1. The summed E-state index contributed by atoms with van der Waals surface area (Å²) in [5, 5.41) is 14.5. The monoisotopic (exact) mass is 336 g/mol. The Hall–Kier alpha value is -1.34. The molecule has 0 atom stereocenters. The Labute approximate surface area is 138 Å². The van der Waals surface area contributed by atoms with Crippen LogP contribution in [0.1, 0.15) is 38.6 Å². The van der Waals surface area contributed by atoms with Crippen molar-refractivity contribution in [3.63, 3.8) is 0 Å². The third-order valence-electron chi connectivity index (χ3n) is 3.50. The molecule has 0 aromatic carbocycles. The average Bonchev–Trinajstić information content (AvgIpc) is 3.04. The summed E-state index contributed by atoms with van der Waals surface area (Å²) < 4.78 is 2.20. The summed E-state index contributed by atoms with van der Waals surface area (Å²) in [4.78, 5) is 13.0. The first-order valence-electron chi connectivity index (χ1n) is 7.68. The molecule has 22 heavy (non-hydrogen) atoms. The molecular weight excluding hydrogens is 316 g/mol. The fraction of sp³-hybridized carbons (Fsp3) is 0.533. The zero-order valence-electron chi connectivity index (χ0n) is 12.6. The maximum Gasteiger partial charge on any atom is 0.230 e. The molecule has 0 saturated heterocycles. The van der Waals surface area contributed by atoms with E-state index >= 15 is 0 Å². The highest BCUT2D eigenvalue weighted by molar-refractivity contribution is 7.99. The SMILES string of the molecule is CCCCNC(=O)CSc1nnc(-c2cccs2)n1C1CC1. The van der Waals surface area contributed by atoms with Crippen LogP contribution in [0.4, 0.5) is 0 Å². The number of thioether (sulfide) groups is 1. The van der Waals surface area contributed by atoms with Crippen molar-refractivity contribution in [3.8, 4) is 10.7 Å². The highest BCUT2D eigenvalue weighted by Crippen LogP contribution is 2.41. The van der Waals surface area contributed by atoms with Gasteiger partial charge in [0.2, 0.25) is 5.91 Å². The third-order valence-corrected chi connectivity index (χ3v) is 5.31. The summed E-state index contributed by atoms with van der Waals surface area (Å²) in [5.74, 6) is 1.41. The van der Waals surface area contributed by atoms with Crippen molar-refractivity contribution in [3.05, 3.63) is 17.5 Å². The quantitative estimate of drug-likeness (QED) is 0.593. The van der Waals surface area contributed by atoms with E-state index in [0.29, 0.717) is 11.8 Å². The molecule has 1 fully saturated rings. The number of hydrogen-bond acceptors (Lipinski definition) is 5. The molecule has 2 aromatic heterocycles. The van der Waals surface area contributed by atoms with E-state index in [2.05, 4.69) is 38.5 Å². The first-order chi connectivity index (χ1) is 10.8. The molecule has 1 aliphatic rings. The van der Waals surface area contributed by atoms with Crippen LogP contribution in [0, 0.1) is 0 Å². The van der Waals surface area contributed by atoms with E-state index in [1.54, 1.807) is 11.3 Å². The first-order valence-corrected chi connectivity index (χ1v) is 9.54. The molecule has 0 radical (unpaired) electrons. The molecule has 0 spiro atoms. The molecule has 118 valence electrons. The second-order valence-electron chi connectivity index (χ2n) is 5.38. The molecule has 0 unspecified atom stereocenters. The van der Waals surface area contributed by atoms with Crippen molar-refractivity contribution < 1.29 is 4.79 Å². The number of thiophene rings is 1. The predicted molar refractivity (Wildman–Crippen MR) is 90.2 cm³/mol. The van der Waals surface area contributed by atoms with Crippen LogP contribution in [-0.2, 0) is 4.79 Å². The number of hydrogen-bond donors (Lipinski definition) is 1. The van der Waals surface area contributed by atoms with Crippen molar-refractivity contribution in [2.24, 2.45) is 0 Å². The Morgan fingerprint density at radius 2 is 2.36 bits per heavy atom. The fourth-order valence-electron chi connectivity index (χ4n) is 2.20. The number of nitrogens with zero attached hydrogens (tertiary/aromatic N) is 3. The van der Waals surface area contributed by atoms with Crippen molar-refractivity contribution in [2.45, 2.75) is 43.8 Å². The highest BCUT2D eigenvalue weighted by Gasteiger charge is 2.30. The largest absolute Gasteiger partial charge is 0.355 e. The second-order valence-corrected chi connectivity index (χ2v) is 7.27. The van der Waals surface area contributed by atoms with E-state index in [1.165, 1.54) is 24.6 Å². The summed E-state index contributed by atoms with van der Waals surface area (Å²) in [6.45, 7) is 2.87. The average molecular weight is 336 g/mol. The van der Waals surface area contributed by atoms with Gasteiger partial charge in [0.1, 0.15) is 0 Å². The van der Waals surface area contributed by atoms with E-state index < -0.39 is 0 Å². The van der Waals surface area contributed by atoms with Gasteiger partial charge < -0.3 is 5.32 Å². The Morgan fingerprint density at radius 3 is 3.05 bits per heavy atom. The minimum Gasteiger partial charge on any atom is -0.355 e. The van der Waals surface area contributed by atoms with Crippen LogP contribution in [0.5, 0.6) is 0 Å². The molecule has 3 rings (SSSR count). The van der Waals surface area contributed by atoms with E-state index in [-0.39, 0.29) is 5.91 Å². The number of carbonyl (C=O) groups is 1. The Balaban J connectivity index is 1.65. The molecule has 2 heterocycles. The second kappa shape index (κ2) is 7.28. The van der Waals surface area contributed by atoms with Crippen molar-refractivity contribution in [1.29, 1.82) is 0 Å². The highest BCUT2D eigenvalue weighted by atomic mass is 32.2. The number of unbranched alkanes of at least 4 members (excludes halogenated alkanes) is 1. The lowest BCUT2D eigenvalue weighted by atomic mass is 10.3. The summed E-state index contributed by atoms with van der Waals surface area (Å²) in [7, 11) is 0. The number of aromatic nitrogens is 3.